The summed E-state index contributed by atoms with van der Waals surface area (Å²) in [5.74, 6) is 0.891. The summed E-state index contributed by atoms with van der Waals surface area (Å²) in [6, 6.07) is 8.21. The van der Waals surface area contributed by atoms with Crippen molar-refractivity contribution in [3.05, 3.63) is 52.2 Å². The number of rotatable bonds is 4. The van der Waals surface area contributed by atoms with Crippen molar-refractivity contribution in [1.82, 2.24) is 19.9 Å². The van der Waals surface area contributed by atoms with E-state index in [1.54, 1.807) is 7.11 Å². The maximum absolute atomic E-state index is 12.3. The molecule has 1 atom stereocenters. The van der Waals surface area contributed by atoms with Crippen molar-refractivity contribution in [2.45, 2.75) is 19.8 Å². The molecule has 4 rings (SSSR count). The minimum absolute atomic E-state index is 0.255. The van der Waals surface area contributed by atoms with Crippen LogP contribution in [0.2, 0.25) is 0 Å². The second-order valence-electron chi connectivity index (χ2n) is 6.69. The zero-order valence-corrected chi connectivity index (χ0v) is 15.5. The molecule has 7 nitrogen and oxygen atoms in total. The van der Waals surface area contributed by atoms with Crippen LogP contribution in [-0.2, 0) is 0 Å². The van der Waals surface area contributed by atoms with Gasteiger partial charge in [-0.15, -0.1) is 0 Å². The Labute approximate surface area is 155 Å². The molecule has 1 aromatic carbocycles. The minimum Gasteiger partial charge on any atom is -0.482 e. The van der Waals surface area contributed by atoms with Crippen LogP contribution in [0.1, 0.15) is 24.1 Å². The highest BCUT2D eigenvalue weighted by Crippen LogP contribution is 2.38. The van der Waals surface area contributed by atoms with Crippen LogP contribution >= 0.6 is 0 Å². The second kappa shape index (κ2) is 6.51. The van der Waals surface area contributed by atoms with Gasteiger partial charge in [0, 0.05) is 11.1 Å². The third-order valence-corrected chi connectivity index (χ3v) is 5.02. The Morgan fingerprint density at radius 2 is 1.85 bits per heavy atom. The number of hydrogen-bond acceptors (Lipinski definition) is 5. The summed E-state index contributed by atoms with van der Waals surface area (Å²) in [4.78, 5) is 27.0. The van der Waals surface area contributed by atoms with Crippen molar-refractivity contribution in [3.63, 3.8) is 0 Å². The quantitative estimate of drug-likeness (QED) is 0.516. The molecular formula is C20H21N5O2. The summed E-state index contributed by atoms with van der Waals surface area (Å²) in [5, 5.41) is 0.815. The van der Waals surface area contributed by atoms with Gasteiger partial charge in [0.1, 0.15) is 11.8 Å². The number of imidazole rings is 1. The highest BCUT2D eigenvalue weighted by molar-refractivity contribution is 6.11. The molecule has 0 saturated carbocycles. The summed E-state index contributed by atoms with van der Waals surface area (Å²) < 4.78 is 5.63. The van der Waals surface area contributed by atoms with E-state index in [2.05, 4.69) is 39.0 Å². The van der Waals surface area contributed by atoms with E-state index in [-0.39, 0.29) is 11.5 Å². The predicted octanol–water partition coefficient (Wildman–Crippen LogP) is 2.85. The summed E-state index contributed by atoms with van der Waals surface area (Å²) >= 11 is 0. The molecule has 4 N–H and O–H groups in total. The molecule has 0 fully saturated rings. The summed E-state index contributed by atoms with van der Waals surface area (Å²) in [6.45, 7) is 4.58. The Kier molecular flexibility index (Phi) is 4.16. The lowest BCUT2D eigenvalue weighted by Gasteiger charge is -2.16. The van der Waals surface area contributed by atoms with Gasteiger partial charge >= 0.3 is 0 Å². The highest BCUT2D eigenvalue weighted by atomic mass is 16.5. The standard InChI is InChI=1S/C20H21N5O2/c1-10(8-21)12-4-6-13(7-5-12)14-15-16(11(2)24-20(14)27-3)25-19(26)18-17(15)22-9-23-18/h4-7,9-10,24H,8,21H2,1-3H3,(H,25,26). The Hall–Kier alpha value is -3.19. The van der Waals surface area contributed by atoms with Gasteiger partial charge in [0.2, 0.25) is 0 Å². The average Bonchev–Trinajstić information content (AvgIpc) is 3.18. The van der Waals surface area contributed by atoms with Crippen molar-refractivity contribution in [2.75, 3.05) is 13.7 Å². The zero-order chi connectivity index (χ0) is 19.1. The largest absolute Gasteiger partial charge is 0.482 e. The first kappa shape index (κ1) is 17.2. The fourth-order valence-corrected chi connectivity index (χ4v) is 3.45. The zero-order valence-electron chi connectivity index (χ0n) is 15.5. The van der Waals surface area contributed by atoms with Gasteiger partial charge in [-0.05, 0) is 30.5 Å². The molecule has 0 saturated heterocycles. The van der Waals surface area contributed by atoms with E-state index in [0.717, 1.165) is 22.2 Å². The lowest BCUT2D eigenvalue weighted by molar-refractivity contribution is 0.399. The number of benzene rings is 1. The number of fused-ring (bicyclic) bond motifs is 3. The topological polar surface area (TPSA) is 110 Å². The first-order chi connectivity index (χ1) is 13.0. The van der Waals surface area contributed by atoms with Gasteiger partial charge in [-0.3, -0.25) is 4.79 Å². The fourth-order valence-electron chi connectivity index (χ4n) is 3.45. The van der Waals surface area contributed by atoms with Gasteiger partial charge in [-0.25, -0.2) is 9.97 Å². The second-order valence-corrected chi connectivity index (χ2v) is 6.69. The van der Waals surface area contributed by atoms with Crippen LogP contribution in [-0.4, -0.2) is 33.6 Å². The van der Waals surface area contributed by atoms with Crippen LogP contribution in [0.25, 0.3) is 33.1 Å². The number of aryl methyl sites for hydroxylation is 1. The van der Waals surface area contributed by atoms with Gasteiger partial charge in [0.05, 0.1) is 18.2 Å². The van der Waals surface area contributed by atoms with E-state index in [1.807, 2.05) is 19.1 Å². The fraction of sp³-hybridized carbons (Fsp3) is 0.250. The number of nitrogens with one attached hydrogen (secondary N) is 2. The number of aromatic amines is 2. The van der Waals surface area contributed by atoms with E-state index in [9.17, 15) is 4.79 Å². The van der Waals surface area contributed by atoms with Gasteiger partial charge in [-0.1, -0.05) is 31.2 Å². The molecule has 0 amide bonds. The molecule has 0 bridgehead atoms. The van der Waals surface area contributed by atoms with E-state index in [4.69, 9.17) is 10.5 Å². The third-order valence-electron chi connectivity index (χ3n) is 5.02. The molecule has 0 spiro atoms. The molecule has 3 aromatic heterocycles. The summed E-state index contributed by atoms with van der Waals surface area (Å²) in [6.07, 6.45) is 1.41. The van der Waals surface area contributed by atoms with Crippen molar-refractivity contribution >= 4 is 21.9 Å². The minimum atomic E-state index is -0.255. The SMILES string of the molecule is COc1[nH]c(C)c2[nH]c(=O)c3ncnc3c2c1-c1ccc(C(C)CN)cc1. The normalized spacial score (nSPS) is 12.6. The van der Waals surface area contributed by atoms with Gasteiger partial charge in [-0.2, -0.15) is 0 Å². The Morgan fingerprint density at radius 3 is 2.52 bits per heavy atom. The third kappa shape index (κ3) is 2.67. The first-order valence-corrected chi connectivity index (χ1v) is 8.78. The van der Waals surface area contributed by atoms with E-state index in [0.29, 0.717) is 29.0 Å². The van der Waals surface area contributed by atoms with Crippen LogP contribution in [0.15, 0.2) is 35.4 Å². The van der Waals surface area contributed by atoms with Gasteiger partial charge in [0.25, 0.3) is 5.56 Å². The van der Waals surface area contributed by atoms with Crippen LogP contribution in [0, 0.1) is 6.92 Å². The monoisotopic (exact) mass is 363 g/mol. The number of H-pyrrole nitrogens is 2. The van der Waals surface area contributed by atoms with Crippen LogP contribution in [0.4, 0.5) is 0 Å². The number of nitrogens with two attached hydrogens (primary N) is 1. The summed E-state index contributed by atoms with van der Waals surface area (Å²) in [7, 11) is 1.62. The van der Waals surface area contributed by atoms with Gasteiger partial charge in [0.15, 0.2) is 11.4 Å². The first-order valence-electron chi connectivity index (χ1n) is 8.78. The Bertz CT molecular complexity index is 1190. The molecule has 0 aliphatic heterocycles. The van der Waals surface area contributed by atoms with E-state index < -0.39 is 0 Å². The van der Waals surface area contributed by atoms with Crippen LogP contribution in [0.5, 0.6) is 5.88 Å². The number of nitrogens with zero attached hydrogens (tertiary/aromatic N) is 2. The molecule has 4 aromatic rings. The Morgan fingerprint density at radius 1 is 1.15 bits per heavy atom. The molecular weight excluding hydrogens is 342 g/mol. The maximum atomic E-state index is 12.3. The van der Waals surface area contributed by atoms with Crippen molar-refractivity contribution in [1.29, 1.82) is 0 Å². The van der Waals surface area contributed by atoms with E-state index in [1.165, 1.54) is 11.9 Å². The molecule has 7 heteroatoms. The maximum Gasteiger partial charge on any atom is 0.276 e. The highest BCUT2D eigenvalue weighted by Gasteiger charge is 2.20. The molecule has 3 heterocycles. The number of aromatic nitrogens is 4. The van der Waals surface area contributed by atoms with E-state index >= 15 is 0 Å². The average molecular weight is 363 g/mol. The number of pyridine rings is 2. The predicted molar refractivity (Wildman–Crippen MR) is 106 cm³/mol. The number of ether oxygens (including phenoxy) is 1. The molecule has 27 heavy (non-hydrogen) atoms. The molecule has 138 valence electrons. The van der Waals surface area contributed by atoms with Crippen molar-refractivity contribution in [2.24, 2.45) is 5.73 Å². The molecule has 0 aliphatic rings. The lowest BCUT2D eigenvalue weighted by atomic mass is 9.95. The Balaban J connectivity index is 2.08. The molecule has 1 unspecified atom stereocenters. The van der Waals surface area contributed by atoms with Crippen LogP contribution in [0.3, 0.4) is 0 Å². The van der Waals surface area contributed by atoms with Crippen molar-refractivity contribution < 1.29 is 4.74 Å². The lowest BCUT2D eigenvalue weighted by Crippen LogP contribution is -2.09. The molecule has 0 radical (unpaired) electrons. The number of hydrogen-bond donors (Lipinski definition) is 3. The summed E-state index contributed by atoms with van der Waals surface area (Å²) in [5.41, 5.74) is 10.9. The smallest absolute Gasteiger partial charge is 0.276 e. The number of methoxy groups -OCH3 is 1. The van der Waals surface area contributed by atoms with Crippen molar-refractivity contribution in [3.8, 4) is 17.0 Å². The molecule has 0 aliphatic carbocycles. The van der Waals surface area contributed by atoms with Gasteiger partial charge < -0.3 is 20.4 Å². The van der Waals surface area contributed by atoms with Crippen LogP contribution < -0.4 is 16.0 Å².